The zero-order valence-electron chi connectivity index (χ0n) is 15.1. The Kier molecular flexibility index (Phi) is 6.50. The fourth-order valence-electron chi connectivity index (χ4n) is 2.98. The van der Waals surface area contributed by atoms with Gasteiger partial charge in [-0.15, -0.1) is 0 Å². The van der Waals surface area contributed by atoms with Gasteiger partial charge in [-0.3, -0.25) is 4.79 Å². The number of piperidine rings is 1. The third-order valence-corrected chi connectivity index (χ3v) is 4.40. The summed E-state index contributed by atoms with van der Waals surface area (Å²) in [5, 5.41) is 3.26. The normalized spacial score (nSPS) is 14.7. The molecule has 3 rings (SSSR count). The first kappa shape index (κ1) is 18.3. The molecule has 26 heavy (non-hydrogen) atoms. The second-order valence-electron chi connectivity index (χ2n) is 6.38. The van der Waals surface area contributed by atoms with E-state index in [2.05, 4.69) is 5.32 Å². The number of hydrogen-bond donors (Lipinski definition) is 1. The van der Waals surface area contributed by atoms with E-state index in [-0.39, 0.29) is 18.5 Å². The quantitative estimate of drug-likeness (QED) is 0.774. The summed E-state index contributed by atoms with van der Waals surface area (Å²) >= 11 is 0. The van der Waals surface area contributed by atoms with Crippen LogP contribution in [-0.4, -0.2) is 32.3 Å². The van der Waals surface area contributed by atoms with Crippen molar-refractivity contribution in [2.45, 2.75) is 32.0 Å². The maximum atomic E-state index is 12.2. The molecule has 0 bridgehead atoms. The molecule has 2 aromatic carbocycles. The molecule has 138 valence electrons. The van der Waals surface area contributed by atoms with Gasteiger partial charge in [0.05, 0.1) is 13.5 Å². The molecule has 5 nitrogen and oxygen atoms in total. The standard InChI is InChI=1S/C21H25NO4/c1-24-20-13-17(14-21(23)26-18-9-11-22-12-10-18)7-8-19(20)25-15-16-5-3-2-4-6-16/h2-8,13,18,22H,9-12,14-15H2,1H3. The maximum absolute atomic E-state index is 12.2. The molecule has 0 amide bonds. The van der Waals surface area contributed by atoms with Crippen LogP contribution in [0.4, 0.5) is 0 Å². The second kappa shape index (κ2) is 9.25. The monoisotopic (exact) mass is 355 g/mol. The Bertz CT molecular complexity index is 711. The Labute approximate surface area is 154 Å². The molecule has 1 aliphatic heterocycles. The van der Waals surface area contributed by atoms with E-state index in [1.165, 1.54) is 0 Å². The fourth-order valence-corrected chi connectivity index (χ4v) is 2.98. The third-order valence-electron chi connectivity index (χ3n) is 4.40. The summed E-state index contributed by atoms with van der Waals surface area (Å²) in [6.45, 7) is 2.27. The number of benzene rings is 2. The highest BCUT2D eigenvalue weighted by Crippen LogP contribution is 2.29. The first-order chi connectivity index (χ1) is 12.7. The van der Waals surface area contributed by atoms with E-state index in [4.69, 9.17) is 14.2 Å². The molecule has 0 saturated carbocycles. The van der Waals surface area contributed by atoms with Gasteiger partial charge in [0.2, 0.25) is 0 Å². The van der Waals surface area contributed by atoms with E-state index in [0.717, 1.165) is 37.1 Å². The SMILES string of the molecule is COc1cc(CC(=O)OC2CCNCC2)ccc1OCc1ccccc1. The highest BCUT2D eigenvalue weighted by Gasteiger charge is 2.18. The molecule has 0 aliphatic carbocycles. The molecule has 1 heterocycles. The molecular formula is C21H25NO4. The molecule has 0 unspecified atom stereocenters. The Balaban J connectivity index is 1.57. The van der Waals surface area contributed by atoms with Crippen LogP contribution in [0, 0.1) is 0 Å². The highest BCUT2D eigenvalue weighted by atomic mass is 16.5. The number of hydrogen-bond acceptors (Lipinski definition) is 5. The van der Waals surface area contributed by atoms with Crippen molar-refractivity contribution in [3.63, 3.8) is 0 Å². The molecule has 1 N–H and O–H groups in total. The van der Waals surface area contributed by atoms with E-state index in [1.54, 1.807) is 7.11 Å². The van der Waals surface area contributed by atoms with E-state index in [1.807, 2.05) is 48.5 Å². The molecule has 0 spiro atoms. The van der Waals surface area contributed by atoms with Gasteiger partial charge in [-0.05, 0) is 49.2 Å². The van der Waals surface area contributed by atoms with Crippen LogP contribution in [-0.2, 0) is 22.6 Å². The Hall–Kier alpha value is -2.53. The molecular weight excluding hydrogens is 330 g/mol. The lowest BCUT2D eigenvalue weighted by Gasteiger charge is -2.22. The molecule has 1 aliphatic rings. The third kappa shape index (κ3) is 5.23. The number of nitrogens with one attached hydrogen (secondary N) is 1. The summed E-state index contributed by atoms with van der Waals surface area (Å²) in [5.74, 6) is 1.08. The smallest absolute Gasteiger partial charge is 0.310 e. The van der Waals surface area contributed by atoms with Crippen molar-refractivity contribution in [3.8, 4) is 11.5 Å². The second-order valence-corrected chi connectivity index (χ2v) is 6.38. The zero-order valence-corrected chi connectivity index (χ0v) is 15.1. The number of rotatable bonds is 7. The minimum atomic E-state index is -0.197. The van der Waals surface area contributed by atoms with Gasteiger partial charge in [0, 0.05) is 0 Å². The van der Waals surface area contributed by atoms with Crippen molar-refractivity contribution in [3.05, 3.63) is 59.7 Å². The molecule has 1 saturated heterocycles. The summed E-state index contributed by atoms with van der Waals surface area (Å²) in [6.07, 6.45) is 2.01. The summed E-state index contributed by atoms with van der Waals surface area (Å²) < 4.78 is 16.8. The van der Waals surface area contributed by atoms with E-state index >= 15 is 0 Å². The lowest BCUT2D eigenvalue weighted by Crippen LogP contribution is -2.34. The lowest BCUT2D eigenvalue weighted by atomic mass is 10.1. The summed E-state index contributed by atoms with van der Waals surface area (Å²) in [5.41, 5.74) is 1.94. The Morgan fingerprint density at radius 3 is 2.54 bits per heavy atom. The lowest BCUT2D eigenvalue weighted by molar-refractivity contribution is -0.149. The zero-order chi connectivity index (χ0) is 18.2. The van der Waals surface area contributed by atoms with Crippen LogP contribution in [0.25, 0.3) is 0 Å². The molecule has 5 heteroatoms. The van der Waals surface area contributed by atoms with E-state index in [0.29, 0.717) is 18.1 Å². The molecule has 0 aromatic heterocycles. The van der Waals surface area contributed by atoms with Crippen LogP contribution in [0.3, 0.4) is 0 Å². The number of carbonyl (C=O) groups excluding carboxylic acids is 1. The van der Waals surface area contributed by atoms with Gasteiger partial charge in [0.1, 0.15) is 12.7 Å². The maximum Gasteiger partial charge on any atom is 0.310 e. The topological polar surface area (TPSA) is 56.8 Å². The minimum absolute atomic E-state index is 0.0270. The number of esters is 1. The molecule has 2 aromatic rings. The summed E-state index contributed by atoms with van der Waals surface area (Å²) in [4.78, 5) is 12.2. The van der Waals surface area contributed by atoms with Crippen LogP contribution in [0.15, 0.2) is 48.5 Å². The largest absolute Gasteiger partial charge is 0.493 e. The van der Waals surface area contributed by atoms with E-state index < -0.39 is 0 Å². The van der Waals surface area contributed by atoms with Crippen molar-refractivity contribution < 1.29 is 19.0 Å². The number of methoxy groups -OCH3 is 1. The van der Waals surface area contributed by atoms with Crippen LogP contribution in [0.1, 0.15) is 24.0 Å². The summed E-state index contributed by atoms with van der Waals surface area (Å²) in [7, 11) is 1.60. The molecule has 1 fully saturated rings. The predicted molar refractivity (Wildman–Crippen MR) is 99.5 cm³/mol. The molecule has 0 radical (unpaired) electrons. The van der Waals surface area contributed by atoms with Gasteiger partial charge in [-0.25, -0.2) is 0 Å². The van der Waals surface area contributed by atoms with Gasteiger partial charge in [0.25, 0.3) is 0 Å². The van der Waals surface area contributed by atoms with Crippen molar-refractivity contribution in [2.75, 3.05) is 20.2 Å². The van der Waals surface area contributed by atoms with Crippen molar-refractivity contribution in [1.29, 1.82) is 0 Å². The minimum Gasteiger partial charge on any atom is -0.493 e. The van der Waals surface area contributed by atoms with Gasteiger partial charge in [-0.2, -0.15) is 0 Å². The van der Waals surface area contributed by atoms with Crippen LogP contribution in [0.5, 0.6) is 11.5 Å². The average molecular weight is 355 g/mol. The van der Waals surface area contributed by atoms with Gasteiger partial charge < -0.3 is 19.5 Å². The summed E-state index contributed by atoms with van der Waals surface area (Å²) in [6, 6.07) is 15.5. The first-order valence-electron chi connectivity index (χ1n) is 8.98. The van der Waals surface area contributed by atoms with Crippen LogP contribution in [0.2, 0.25) is 0 Å². The predicted octanol–water partition coefficient (Wildman–Crippen LogP) is 3.11. The fraction of sp³-hybridized carbons (Fsp3) is 0.381. The van der Waals surface area contributed by atoms with Crippen molar-refractivity contribution in [2.24, 2.45) is 0 Å². The Morgan fingerprint density at radius 2 is 1.81 bits per heavy atom. The average Bonchev–Trinajstić information content (AvgIpc) is 2.68. The van der Waals surface area contributed by atoms with Crippen molar-refractivity contribution >= 4 is 5.97 Å². The van der Waals surface area contributed by atoms with Gasteiger partial charge in [0.15, 0.2) is 11.5 Å². The first-order valence-corrected chi connectivity index (χ1v) is 8.98. The van der Waals surface area contributed by atoms with E-state index in [9.17, 15) is 4.79 Å². The van der Waals surface area contributed by atoms with Gasteiger partial charge >= 0.3 is 5.97 Å². The number of carbonyl (C=O) groups is 1. The Morgan fingerprint density at radius 1 is 1.04 bits per heavy atom. The molecule has 0 atom stereocenters. The van der Waals surface area contributed by atoms with Crippen LogP contribution >= 0.6 is 0 Å². The highest BCUT2D eigenvalue weighted by molar-refractivity contribution is 5.73. The van der Waals surface area contributed by atoms with Gasteiger partial charge in [-0.1, -0.05) is 36.4 Å². The number of ether oxygens (including phenoxy) is 3. The van der Waals surface area contributed by atoms with Crippen molar-refractivity contribution in [1.82, 2.24) is 5.32 Å². The van der Waals surface area contributed by atoms with Crippen LogP contribution < -0.4 is 14.8 Å².